The van der Waals surface area contributed by atoms with E-state index < -0.39 is 18.9 Å². The van der Waals surface area contributed by atoms with Gasteiger partial charge in [0, 0.05) is 16.2 Å². The second kappa shape index (κ2) is 5.94. The Morgan fingerprint density at radius 3 is 2.61 bits per heavy atom. The quantitative estimate of drug-likeness (QED) is 0.923. The summed E-state index contributed by atoms with van der Waals surface area (Å²) < 4.78 is 44.9. The molecule has 0 saturated carbocycles. The summed E-state index contributed by atoms with van der Waals surface area (Å²) in [6.45, 7) is -1.63. The van der Waals surface area contributed by atoms with Gasteiger partial charge in [-0.25, -0.2) is 4.79 Å². The van der Waals surface area contributed by atoms with Crippen molar-refractivity contribution in [2.75, 3.05) is 19.0 Å². The number of nitrogens with one attached hydrogen (secondary N) is 1. The van der Waals surface area contributed by atoms with Crippen LogP contribution in [0, 0.1) is 0 Å². The third-order valence-corrected chi connectivity index (χ3v) is 2.18. The van der Waals surface area contributed by atoms with Crippen LogP contribution in [0.5, 0.6) is 5.75 Å². The van der Waals surface area contributed by atoms with Crippen LogP contribution in [0.3, 0.4) is 0 Å². The zero-order valence-corrected chi connectivity index (χ0v) is 10.8. The molecule has 100 valence electrons. The zero-order chi connectivity index (χ0) is 13.8. The third-order valence-electron chi connectivity index (χ3n) is 1.72. The number of benzene rings is 1. The highest BCUT2D eigenvalue weighted by Crippen LogP contribution is 2.24. The van der Waals surface area contributed by atoms with Gasteiger partial charge in [-0.3, -0.25) is 5.32 Å². The van der Waals surface area contributed by atoms with E-state index in [-0.39, 0.29) is 5.69 Å². The first-order valence-corrected chi connectivity index (χ1v) is 5.44. The number of hydrogen-bond donors (Lipinski definition) is 1. The van der Waals surface area contributed by atoms with Gasteiger partial charge in [0.2, 0.25) is 0 Å². The number of carbonyl (C=O) groups excluding carboxylic acids is 1. The number of amides is 1. The number of anilines is 1. The van der Waals surface area contributed by atoms with Crippen molar-refractivity contribution in [2.24, 2.45) is 0 Å². The van der Waals surface area contributed by atoms with Gasteiger partial charge in [0.05, 0.1) is 7.11 Å². The Morgan fingerprint density at radius 2 is 2.06 bits per heavy atom. The summed E-state index contributed by atoms with van der Waals surface area (Å²) in [6.07, 6.45) is -5.74. The van der Waals surface area contributed by atoms with Gasteiger partial charge in [-0.15, -0.1) is 0 Å². The lowest BCUT2D eigenvalue weighted by Crippen LogP contribution is -2.23. The summed E-state index contributed by atoms with van der Waals surface area (Å²) in [5.74, 6) is 0.440. The minimum absolute atomic E-state index is 0.258. The first kappa shape index (κ1) is 14.6. The number of rotatable bonds is 3. The lowest BCUT2D eigenvalue weighted by Gasteiger charge is -2.10. The maximum atomic E-state index is 11.8. The highest BCUT2D eigenvalue weighted by molar-refractivity contribution is 9.10. The number of hydrogen-bond acceptors (Lipinski definition) is 3. The van der Waals surface area contributed by atoms with Crippen LogP contribution in [0.1, 0.15) is 0 Å². The van der Waals surface area contributed by atoms with Crippen molar-refractivity contribution in [3.05, 3.63) is 22.7 Å². The topological polar surface area (TPSA) is 47.6 Å². The molecule has 0 atom stereocenters. The molecule has 1 amide bonds. The second-order valence-corrected chi connectivity index (χ2v) is 4.11. The maximum absolute atomic E-state index is 11.8. The van der Waals surface area contributed by atoms with E-state index in [1.165, 1.54) is 19.2 Å². The van der Waals surface area contributed by atoms with Crippen LogP contribution in [0.25, 0.3) is 0 Å². The molecule has 0 radical (unpaired) electrons. The predicted molar refractivity (Wildman–Crippen MR) is 61.7 cm³/mol. The van der Waals surface area contributed by atoms with Crippen LogP contribution < -0.4 is 10.1 Å². The molecule has 0 aliphatic rings. The summed E-state index contributed by atoms with van der Waals surface area (Å²) in [7, 11) is 1.42. The smallest absolute Gasteiger partial charge is 0.422 e. The van der Waals surface area contributed by atoms with Crippen LogP contribution in [-0.4, -0.2) is 26.0 Å². The van der Waals surface area contributed by atoms with Crippen molar-refractivity contribution >= 4 is 27.7 Å². The Hall–Kier alpha value is -1.44. The fraction of sp³-hybridized carbons (Fsp3) is 0.300. The monoisotopic (exact) mass is 327 g/mol. The second-order valence-electron chi connectivity index (χ2n) is 3.20. The van der Waals surface area contributed by atoms with E-state index in [4.69, 9.17) is 4.74 Å². The SMILES string of the molecule is COc1cc(Br)cc(NC(=O)OCC(F)(F)F)c1. The number of halogens is 4. The molecule has 1 rings (SSSR count). The van der Waals surface area contributed by atoms with Crippen LogP contribution in [0.4, 0.5) is 23.7 Å². The molecule has 0 unspecified atom stereocenters. The number of carbonyl (C=O) groups is 1. The average molecular weight is 328 g/mol. The Morgan fingerprint density at radius 1 is 1.39 bits per heavy atom. The summed E-state index contributed by atoms with van der Waals surface area (Å²) in [5.41, 5.74) is 0.258. The highest BCUT2D eigenvalue weighted by Gasteiger charge is 2.29. The Labute approximate surface area is 109 Å². The molecule has 0 fully saturated rings. The first-order valence-electron chi connectivity index (χ1n) is 4.65. The van der Waals surface area contributed by atoms with Gasteiger partial charge in [-0.1, -0.05) is 15.9 Å². The van der Waals surface area contributed by atoms with Crippen molar-refractivity contribution < 1.29 is 27.4 Å². The molecular weight excluding hydrogens is 319 g/mol. The van der Waals surface area contributed by atoms with Gasteiger partial charge in [0.1, 0.15) is 5.75 Å². The number of alkyl halides is 3. The molecule has 4 nitrogen and oxygen atoms in total. The molecule has 1 N–H and O–H groups in total. The normalized spacial score (nSPS) is 10.9. The number of methoxy groups -OCH3 is 1. The zero-order valence-electron chi connectivity index (χ0n) is 9.18. The molecule has 18 heavy (non-hydrogen) atoms. The average Bonchev–Trinajstić information content (AvgIpc) is 2.24. The van der Waals surface area contributed by atoms with Gasteiger partial charge < -0.3 is 9.47 Å². The summed E-state index contributed by atoms with van der Waals surface area (Å²) >= 11 is 3.16. The van der Waals surface area contributed by atoms with E-state index >= 15 is 0 Å². The Bertz CT molecular complexity index is 437. The van der Waals surface area contributed by atoms with Gasteiger partial charge in [0.25, 0.3) is 0 Å². The first-order chi connectivity index (χ1) is 8.30. The molecule has 1 aromatic carbocycles. The third kappa shape index (κ3) is 5.26. The van der Waals surface area contributed by atoms with Gasteiger partial charge in [-0.2, -0.15) is 13.2 Å². The molecule has 0 saturated heterocycles. The van der Waals surface area contributed by atoms with Crippen molar-refractivity contribution in [3.8, 4) is 5.75 Å². The van der Waals surface area contributed by atoms with E-state index in [1.807, 2.05) is 0 Å². The van der Waals surface area contributed by atoms with Crippen molar-refractivity contribution in [2.45, 2.75) is 6.18 Å². The van der Waals surface area contributed by atoms with E-state index in [1.54, 1.807) is 6.07 Å². The van der Waals surface area contributed by atoms with Crippen molar-refractivity contribution in [3.63, 3.8) is 0 Å². The molecule has 0 bridgehead atoms. The Balaban J connectivity index is 2.61. The van der Waals surface area contributed by atoms with Crippen LogP contribution in [0.15, 0.2) is 22.7 Å². The maximum Gasteiger partial charge on any atom is 0.422 e. The molecule has 1 aromatic rings. The van der Waals surface area contributed by atoms with E-state index in [0.29, 0.717) is 10.2 Å². The molecule has 0 aliphatic heterocycles. The van der Waals surface area contributed by atoms with Crippen molar-refractivity contribution in [1.29, 1.82) is 0 Å². The molecule has 0 aliphatic carbocycles. The predicted octanol–water partition coefficient (Wildman–Crippen LogP) is 3.57. The molecular formula is C10H9BrF3NO3. The Kier molecular flexibility index (Phi) is 4.83. The fourth-order valence-corrected chi connectivity index (χ4v) is 1.53. The van der Waals surface area contributed by atoms with Gasteiger partial charge >= 0.3 is 12.3 Å². The van der Waals surface area contributed by atoms with E-state index in [2.05, 4.69) is 26.0 Å². The molecule has 8 heteroatoms. The van der Waals surface area contributed by atoms with Gasteiger partial charge in [0.15, 0.2) is 6.61 Å². The summed E-state index contributed by atoms with van der Waals surface area (Å²) in [4.78, 5) is 11.1. The minimum atomic E-state index is -4.55. The largest absolute Gasteiger partial charge is 0.497 e. The number of ether oxygens (including phenoxy) is 2. The lowest BCUT2D eigenvalue weighted by atomic mass is 10.3. The molecule has 0 heterocycles. The minimum Gasteiger partial charge on any atom is -0.497 e. The van der Waals surface area contributed by atoms with Gasteiger partial charge in [-0.05, 0) is 12.1 Å². The van der Waals surface area contributed by atoms with Crippen LogP contribution in [0.2, 0.25) is 0 Å². The molecule has 0 aromatic heterocycles. The summed E-state index contributed by atoms with van der Waals surface area (Å²) in [5, 5.41) is 2.16. The standard InChI is InChI=1S/C10H9BrF3NO3/c1-17-8-3-6(11)2-7(4-8)15-9(16)18-5-10(12,13)14/h2-4H,5H2,1H3,(H,15,16). The highest BCUT2D eigenvalue weighted by atomic mass is 79.9. The molecule has 0 spiro atoms. The summed E-state index contributed by atoms with van der Waals surface area (Å²) in [6, 6.07) is 4.57. The van der Waals surface area contributed by atoms with E-state index in [0.717, 1.165) is 0 Å². The van der Waals surface area contributed by atoms with E-state index in [9.17, 15) is 18.0 Å². The van der Waals surface area contributed by atoms with Crippen molar-refractivity contribution in [1.82, 2.24) is 0 Å². The fourth-order valence-electron chi connectivity index (χ4n) is 1.05. The van der Waals surface area contributed by atoms with Crippen LogP contribution >= 0.6 is 15.9 Å². The lowest BCUT2D eigenvalue weighted by molar-refractivity contribution is -0.159. The van der Waals surface area contributed by atoms with Crippen LogP contribution in [-0.2, 0) is 4.74 Å².